The number of rotatable bonds is 8. The van der Waals surface area contributed by atoms with Gasteiger partial charge in [-0.25, -0.2) is 0 Å². The average Bonchev–Trinajstić information content (AvgIpc) is 3.37. The van der Waals surface area contributed by atoms with Crippen molar-refractivity contribution in [3.63, 3.8) is 0 Å². The number of piperazine rings is 1. The van der Waals surface area contributed by atoms with E-state index >= 15 is 0 Å². The molecule has 3 aromatic carbocycles. The van der Waals surface area contributed by atoms with E-state index in [0.29, 0.717) is 36.0 Å². The number of carbonyl (C=O) groups excluding carboxylic acids is 2. The summed E-state index contributed by atoms with van der Waals surface area (Å²) in [5, 5.41) is 1.06. The second kappa shape index (κ2) is 10.7. The van der Waals surface area contributed by atoms with E-state index in [0.717, 1.165) is 33.3 Å². The molecule has 2 aliphatic heterocycles. The molecule has 4 aromatic rings. The Morgan fingerprint density at radius 2 is 1.61 bits per heavy atom. The van der Waals surface area contributed by atoms with Gasteiger partial charge in [-0.05, 0) is 42.3 Å². The van der Waals surface area contributed by atoms with Crippen LogP contribution in [0, 0.1) is 0 Å². The highest BCUT2D eigenvalue weighted by atomic mass is 16.5. The molecule has 41 heavy (non-hydrogen) atoms. The van der Waals surface area contributed by atoms with Crippen LogP contribution in [0.5, 0.6) is 23.0 Å². The van der Waals surface area contributed by atoms with Crippen LogP contribution in [0.4, 0.5) is 0 Å². The molecule has 9 heteroatoms. The van der Waals surface area contributed by atoms with Gasteiger partial charge in [-0.1, -0.05) is 36.4 Å². The molecule has 0 radical (unpaired) electrons. The van der Waals surface area contributed by atoms with Gasteiger partial charge < -0.3 is 33.7 Å². The van der Waals surface area contributed by atoms with E-state index in [2.05, 4.69) is 11.1 Å². The molecule has 1 aromatic heterocycles. The van der Waals surface area contributed by atoms with E-state index in [-0.39, 0.29) is 24.9 Å². The van der Waals surface area contributed by atoms with Gasteiger partial charge in [0.1, 0.15) is 24.4 Å². The zero-order valence-electron chi connectivity index (χ0n) is 23.6. The molecule has 2 aliphatic rings. The number of fused-ring (bicyclic) bond motifs is 4. The first-order valence-corrected chi connectivity index (χ1v) is 13.7. The molecular weight excluding hydrogens is 522 g/mol. The zero-order chi connectivity index (χ0) is 28.7. The fourth-order valence-corrected chi connectivity index (χ4v) is 6.22. The van der Waals surface area contributed by atoms with Crippen molar-refractivity contribution in [1.29, 1.82) is 0 Å². The fourth-order valence-electron chi connectivity index (χ4n) is 6.22. The number of aromatic amines is 1. The van der Waals surface area contributed by atoms with Crippen molar-refractivity contribution in [1.82, 2.24) is 14.8 Å². The Morgan fingerprint density at radius 1 is 0.902 bits per heavy atom. The summed E-state index contributed by atoms with van der Waals surface area (Å²) < 4.78 is 22.5. The first-order valence-electron chi connectivity index (χ1n) is 13.7. The smallest absolute Gasteiger partial charge is 0.246 e. The number of benzene rings is 3. The number of ether oxygens (including phenoxy) is 4. The molecule has 0 spiro atoms. The Balaban J connectivity index is 1.42. The minimum Gasteiger partial charge on any atom is -0.494 e. The van der Waals surface area contributed by atoms with Gasteiger partial charge in [0, 0.05) is 35.1 Å². The third-order valence-electron chi connectivity index (χ3n) is 7.95. The summed E-state index contributed by atoms with van der Waals surface area (Å²) in [6.07, 6.45) is 0.420. The summed E-state index contributed by atoms with van der Waals surface area (Å²) >= 11 is 0. The Bertz CT molecular complexity index is 1600. The highest BCUT2D eigenvalue weighted by Crippen LogP contribution is 2.45. The summed E-state index contributed by atoms with van der Waals surface area (Å²) in [7, 11) is 4.65. The predicted octanol–water partition coefficient (Wildman–Crippen LogP) is 4.48. The minimum atomic E-state index is -0.662. The summed E-state index contributed by atoms with van der Waals surface area (Å²) in [5.74, 6) is 1.93. The zero-order valence-corrected chi connectivity index (χ0v) is 23.6. The minimum absolute atomic E-state index is 0.0468. The number of carbonyl (C=O) groups is 2. The van der Waals surface area contributed by atoms with Gasteiger partial charge in [0.15, 0.2) is 11.5 Å². The Morgan fingerprint density at radius 3 is 2.32 bits per heavy atom. The van der Waals surface area contributed by atoms with Crippen LogP contribution in [0.3, 0.4) is 0 Å². The molecule has 0 bridgehead atoms. The number of nitrogens with one attached hydrogen (secondary N) is 1. The van der Waals surface area contributed by atoms with Crippen LogP contribution >= 0.6 is 0 Å². The lowest BCUT2D eigenvalue weighted by molar-refractivity contribution is -0.159. The molecule has 3 heterocycles. The maximum absolute atomic E-state index is 14.2. The van der Waals surface area contributed by atoms with Crippen LogP contribution in [-0.4, -0.2) is 67.1 Å². The van der Waals surface area contributed by atoms with E-state index in [4.69, 9.17) is 18.9 Å². The molecule has 0 aliphatic carbocycles. The molecule has 1 saturated heterocycles. The van der Waals surface area contributed by atoms with Crippen LogP contribution < -0.4 is 18.9 Å². The summed E-state index contributed by atoms with van der Waals surface area (Å²) in [6.45, 7) is 2.61. The number of methoxy groups -OCH3 is 3. The number of hydrogen-bond donors (Lipinski definition) is 1. The standard InChI is InChI=1S/C32H33N3O6/c1-5-41-25-13-9-7-11-21(25)30-29-22(20-10-6-8-12-23(20)33-29)16-24-32(37)34(18-28(36)35(24)30)17-19-14-26(38-2)31(40-4)27(15-19)39-3/h6-15,24,30,33H,5,16-18H2,1-4H3/t24-,30+/m0/s1. The number of nitrogens with zero attached hydrogens (tertiary/aromatic N) is 2. The van der Waals surface area contributed by atoms with Gasteiger partial charge in [-0.2, -0.15) is 0 Å². The first kappa shape index (κ1) is 26.6. The van der Waals surface area contributed by atoms with Crippen molar-refractivity contribution in [2.24, 2.45) is 0 Å². The van der Waals surface area contributed by atoms with Gasteiger partial charge in [-0.15, -0.1) is 0 Å². The van der Waals surface area contributed by atoms with Crippen molar-refractivity contribution >= 4 is 22.7 Å². The molecule has 212 valence electrons. The van der Waals surface area contributed by atoms with E-state index in [1.807, 2.05) is 61.5 Å². The molecular formula is C32H33N3O6. The van der Waals surface area contributed by atoms with Crippen molar-refractivity contribution in [3.8, 4) is 23.0 Å². The maximum atomic E-state index is 14.2. The van der Waals surface area contributed by atoms with Gasteiger partial charge in [0.25, 0.3) is 0 Å². The Kier molecular flexibility index (Phi) is 6.95. The van der Waals surface area contributed by atoms with Crippen molar-refractivity contribution < 1.29 is 28.5 Å². The van der Waals surface area contributed by atoms with E-state index in [1.165, 1.54) is 0 Å². The normalized spacial score (nSPS) is 18.2. The highest BCUT2D eigenvalue weighted by molar-refractivity contribution is 5.97. The fraction of sp³-hybridized carbons (Fsp3) is 0.312. The second-order valence-corrected chi connectivity index (χ2v) is 10.2. The van der Waals surface area contributed by atoms with Gasteiger partial charge in [0.05, 0.1) is 27.9 Å². The topological polar surface area (TPSA) is 93.3 Å². The van der Waals surface area contributed by atoms with E-state index < -0.39 is 12.1 Å². The lowest BCUT2D eigenvalue weighted by atomic mass is 9.85. The third-order valence-corrected chi connectivity index (χ3v) is 7.95. The number of amides is 2. The van der Waals surface area contributed by atoms with Gasteiger partial charge in [0.2, 0.25) is 17.6 Å². The molecule has 1 fully saturated rings. The predicted molar refractivity (Wildman–Crippen MR) is 154 cm³/mol. The number of aromatic nitrogens is 1. The Hall–Kier alpha value is -4.66. The van der Waals surface area contributed by atoms with Gasteiger partial charge >= 0.3 is 0 Å². The molecule has 2 atom stereocenters. The van der Waals surface area contributed by atoms with E-state index in [9.17, 15) is 9.59 Å². The SMILES string of the molecule is CCOc1ccccc1[C@@H]1c2[nH]c3ccccc3c2C[C@H]2C(=O)N(Cc3cc(OC)c(OC)c(OC)c3)CC(=O)N12. The van der Waals surface area contributed by atoms with Crippen molar-refractivity contribution in [3.05, 3.63) is 83.0 Å². The molecule has 6 rings (SSSR count). The lowest BCUT2D eigenvalue weighted by Crippen LogP contribution is -2.62. The Labute approximate surface area is 238 Å². The molecule has 0 unspecified atom stereocenters. The molecule has 1 N–H and O–H groups in total. The number of H-pyrrole nitrogens is 1. The molecule has 9 nitrogen and oxygen atoms in total. The number of para-hydroxylation sites is 2. The first-order chi connectivity index (χ1) is 20.0. The van der Waals surface area contributed by atoms with Crippen LogP contribution in [-0.2, 0) is 22.6 Å². The highest BCUT2D eigenvalue weighted by Gasteiger charge is 2.48. The van der Waals surface area contributed by atoms with Crippen molar-refractivity contribution in [2.45, 2.75) is 32.0 Å². The summed E-state index contributed by atoms with van der Waals surface area (Å²) in [6, 6.07) is 18.3. The largest absolute Gasteiger partial charge is 0.494 e. The van der Waals surface area contributed by atoms with Crippen molar-refractivity contribution in [2.75, 3.05) is 34.5 Å². The summed E-state index contributed by atoms with van der Waals surface area (Å²) in [5.41, 5.74) is 4.58. The molecule has 0 saturated carbocycles. The summed E-state index contributed by atoms with van der Waals surface area (Å²) in [4.78, 5) is 35.2. The van der Waals surface area contributed by atoms with Crippen LogP contribution in [0.1, 0.15) is 35.3 Å². The average molecular weight is 556 g/mol. The third kappa shape index (κ3) is 4.41. The van der Waals surface area contributed by atoms with Gasteiger partial charge in [-0.3, -0.25) is 9.59 Å². The van der Waals surface area contributed by atoms with E-state index in [1.54, 1.807) is 31.1 Å². The lowest BCUT2D eigenvalue weighted by Gasteiger charge is -2.47. The quantitative estimate of drug-likeness (QED) is 0.345. The maximum Gasteiger partial charge on any atom is 0.246 e. The van der Waals surface area contributed by atoms with Crippen LogP contribution in [0.15, 0.2) is 60.7 Å². The second-order valence-electron chi connectivity index (χ2n) is 10.2. The molecule has 2 amide bonds. The number of hydrogen-bond acceptors (Lipinski definition) is 6. The van der Waals surface area contributed by atoms with Crippen LogP contribution in [0.2, 0.25) is 0 Å². The monoisotopic (exact) mass is 555 g/mol. The van der Waals surface area contributed by atoms with Crippen LogP contribution in [0.25, 0.3) is 10.9 Å².